The first-order chi connectivity index (χ1) is 9.99. The minimum absolute atomic E-state index is 0.0189. The molecule has 0 spiro atoms. The molecule has 110 valence electrons. The average Bonchev–Trinajstić information content (AvgIpc) is 2.47. The van der Waals surface area contributed by atoms with Gasteiger partial charge in [0.1, 0.15) is 11.6 Å². The predicted octanol–water partition coefficient (Wildman–Crippen LogP) is 3.94. The van der Waals surface area contributed by atoms with Gasteiger partial charge in [0.05, 0.1) is 5.41 Å². The number of halogens is 2. The molecule has 0 fully saturated rings. The van der Waals surface area contributed by atoms with Gasteiger partial charge in [-0.15, -0.1) is 0 Å². The molecule has 4 heteroatoms. The van der Waals surface area contributed by atoms with E-state index < -0.39 is 23.0 Å². The van der Waals surface area contributed by atoms with Crippen LogP contribution in [0, 0.1) is 11.6 Å². The fourth-order valence-corrected chi connectivity index (χ4v) is 2.53. The topological polar surface area (TPSA) is 37.3 Å². The zero-order valence-corrected chi connectivity index (χ0v) is 11.6. The van der Waals surface area contributed by atoms with Crippen molar-refractivity contribution in [2.24, 2.45) is 0 Å². The Morgan fingerprint density at radius 2 is 1.81 bits per heavy atom. The van der Waals surface area contributed by atoms with Crippen LogP contribution in [-0.2, 0) is 16.6 Å². The molecule has 0 radical (unpaired) electrons. The summed E-state index contributed by atoms with van der Waals surface area (Å²) >= 11 is 0. The van der Waals surface area contributed by atoms with Crippen molar-refractivity contribution in [1.29, 1.82) is 0 Å². The zero-order chi connectivity index (χ0) is 15.5. The van der Waals surface area contributed by atoms with Crippen LogP contribution in [0.1, 0.15) is 24.5 Å². The first-order valence-corrected chi connectivity index (χ1v) is 6.72. The standard InChI is InChI=1S/C17H16F2O2/c1-2-17(16(20)21,13-6-4-3-5-7-13)11-12-8-9-14(18)10-15(12)19/h3-10H,2,11H2,1H3,(H,20,21). The maximum Gasteiger partial charge on any atom is 0.314 e. The van der Waals surface area contributed by atoms with E-state index in [1.807, 2.05) is 0 Å². The molecule has 0 saturated carbocycles. The number of hydrogen-bond donors (Lipinski definition) is 1. The Morgan fingerprint density at radius 1 is 1.14 bits per heavy atom. The normalized spacial score (nSPS) is 13.7. The molecule has 0 saturated heterocycles. The van der Waals surface area contributed by atoms with Crippen molar-refractivity contribution in [3.63, 3.8) is 0 Å². The molecule has 1 N–H and O–H groups in total. The molecule has 0 aromatic heterocycles. The number of carbonyl (C=O) groups is 1. The minimum atomic E-state index is -1.22. The summed E-state index contributed by atoms with van der Waals surface area (Å²) in [6.45, 7) is 1.75. The van der Waals surface area contributed by atoms with Crippen molar-refractivity contribution in [2.75, 3.05) is 0 Å². The van der Waals surface area contributed by atoms with E-state index in [1.165, 1.54) is 6.07 Å². The van der Waals surface area contributed by atoms with Gasteiger partial charge >= 0.3 is 5.97 Å². The number of benzene rings is 2. The van der Waals surface area contributed by atoms with E-state index in [4.69, 9.17) is 0 Å². The van der Waals surface area contributed by atoms with Crippen molar-refractivity contribution >= 4 is 5.97 Å². The van der Waals surface area contributed by atoms with Crippen LogP contribution in [0.15, 0.2) is 48.5 Å². The molecule has 0 amide bonds. The summed E-state index contributed by atoms with van der Waals surface area (Å²) in [5.41, 5.74) is -0.409. The second-order valence-electron chi connectivity index (χ2n) is 5.02. The van der Waals surface area contributed by atoms with Crippen molar-refractivity contribution < 1.29 is 18.7 Å². The highest BCUT2D eigenvalue weighted by atomic mass is 19.1. The summed E-state index contributed by atoms with van der Waals surface area (Å²) < 4.78 is 26.9. The lowest BCUT2D eigenvalue weighted by atomic mass is 9.73. The van der Waals surface area contributed by atoms with Gasteiger partial charge in [-0.05, 0) is 30.0 Å². The lowest BCUT2D eigenvalue weighted by molar-refractivity contribution is -0.144. The minimum Gasteiger partial charge on any atom is -0.481 e. The van der Waals surface area contributed by atoms with Gasteiger partial charge in [-0.2, -0.15) is 0 Å². The molecule has 1 atom stereocenters. The smallest absolute Gasteiger partial charge is 0.314 e. The molecule has 2 aromatic rings. The number of hydrogen-bond acceptors (Lipinski definition) is 1. The summed E-state index contributed by atoms with van der Waals surface area (Å²) in [6.07, 6.45) is 0.290. The molecule has 2 nitrogen and oxygen atoms in total. The highest BCUT2D eigenvalue weighted by molar-refractivity contribution is 5.81. The van der Waals surface area contributed by atoms with E-state index in [0.717, 1.165) is 12.1 Å². The summed E-state index contributed by atoms with van der Waals surface area (Å²) in [5, 5.41) is 9.69. The van der Waals surface area contributed by atoms with Crippen LogP contribution in [0.5, 0.6) is 0 Å². The van der Waals surface area contributed by atoms with Crippen LogP contribution in [0.25, 0.3) is 0 Å². The third-order valence-electron chi connectivity index (χ3n) is 3.85. The monoisotopic (exact) mass is 290 g/mol. The summed E-state index contributed by atoms with van der Waals surface area (Å²) in [5.74, 6) is -2.40. The van der Waals surface area contributed by atoms with Crippen LogP contribution >= 0.6 is 0 Å². The Kier molecular flexibility index (Phi) is 4.36. The SMILES string of the molecule is CCC(Cc1ccc(F)cc1F)(C(=O)O)c1ccccc1. The van der Waals surface area contributed by atoms with Crippen molar-refractivity contribution in [3.05, 3.63) is 71.3 Å². The fraction of sp³-hybridized carbons (Fsp3) is 0.235. The second kappa shape index (κ2) is 6.04. The number of carboxylic acid groups (broad SMARTS) is 1. The van der Waals surface area contributed by atoms with Crippen LogP contribution in [0.2, 0.25) is 0 Å². The first kappa shape index (κ1) is 15.2. The van der Waals surface area contributed by atoms with Gasteiger partial charge in [0, 0.05) is 6.07 Å². The van der Waals surface area contributed by atoms with Gasteiger partial charge in [-0.1, -0.05) is 43.3 Å². The van der Waals surface area contributed by atoms with Gasteiger partial charge in [-0.25, -0.2) is 8.78 Å². The molecule has 0 heterocycles. The molecular formula is C17H16F2O2. The van der Waals surface area contributed by atoms with Crippen molar-refractivity contribution in [1.82, 2.24) is 0 Å². The van der Waals surface area contributed by atoms with Gasteiger partial charge in [0.2, 0.25) is 0 Å². The maximum absolute atomic E-state index is 13.9. The van der Waals surface area contributed by atoms with Gasteiger partial charge in [0.25, 0.3) is 0 Å². The Hall–Kier alpha value is -2.23. The van der Waals surface area contributed by atoms with E-state index in [0.29, 0.717) is 12.0 Å². The zero-order valence-electron chi connectivity index (χ0n) is 11.6. The lowest BCUT2D eigenvalue weighted by Gasteiger charge is -2.29. The first-order valence-electron chi connectivity index (χ1n) is 6.72. The van der Waals surface area contributed by atoms with Gasteiger partial charge in [-0.3, -0.25) is 4.79 Å². The van der Waals surface area contributed by atoms with Crippen LogP contribution < -0.4 is 0 Å². The van der Waals surface area contributed by atoms with Crippen LogP contribution in [0.3, 0.4) is 0 Å². The molecule has 0 aliphatic rings. The van der Waals surface area contributed by atoms with E-state index in [2.05, 4.69) is 0 Å². The van der Waals surface area contributed by atoms with E-state index in [-0.39, 0.29) is 12.0 Å². The highest BCUT2D eigenvalue weighted by Gasteiger charge is 2.39. The highest BCUT2D eigenvalue weighted by Crippen LogP contribution is 2.33. The van der Waals surface area contributed by atoms with E-state index in [9.17, 15) is 18.7 Å². The maximum atomic E-state index is 13.9. The summed E-state index contributed by atoms with van der Waals surface area (Å²) in [4.78, 5) is 11.8. The van der Waals surface area contributed by atoms with Gasteiger partial charge in [0.15, 0.2) is 0 Å². The third-order valence-corrected chi connectivity index (χ3v) is 3.85. The fourth-order valence-electron chi connectivity index (χ4n) is 2.53. The number of aliphatic carboxylic acids is 1. The second-order valence-corrected chi connectivity index (χ2v) is 5.02. The molecule has 2 aromatic carbocycles. The average molecular weight is 290 g/mol. The van der Waals surface area contributed by atoms with Crippen molar-refractivity contribution in [3.8, 4) is 0 Å². The van der Waals surface area contributed by atoms with E-state index in [1.54, 1.807) is 37.3 Å². The Bertz CT molecular complexity index is 640. The molecule has 1 unspecified atom stereocenters. The summed E-state index contributed by atoms with van der Waals surface area (Å²) in [7, 11) is 0. The summed E-state index contributed by atoms with van der Waals surface area (Å²) in [6, 6.07) is 12.0. The largest absolute Gasteiger partial charge is 0.481 e. The lowest BCUT2D eigenvalue weighted by Crippen LogP contribution is -2.37. The van der Waals surface area contributed by atoms with Crippen LogP contribution in [-0.4, -0.2) is 11.1 Å². The predicted molar refractivity (Wildman–Crippen MR) is 76.1 cm³/mol. The molecule has 0 aliphatic carbocycles. The molecule has 2 rings (SSSR count). The van der Waals surface area contributed by atoms with E-state index >= 15 is 0 Å². The third kappa shape index (κ3) is 2.94. The number of carboxylic acids is 1. The molecule has 0 bridgehead atoms. The van der Waals surface area contributed by atoms with Crippen LogP contribution in [0.4, 0.5) is 8.78 Å². The Balaban J connectivity index is 2.49. The molecular weight excluding hydrogens is 274 g/mol. The van der Waals surface area contributed by atoms with Crippen molar-refractivity contribution in [2.45, 2.75) is 25.2 Å². The number of rotatable bonds is 5. The van der Waals surface area contributed by atoms with Gasteiger partial charge < -0.3 is 5.11 Å². The Labute approximate surface area is 122 Å². The quantitative estimate of drug-likeness (QED) is 0.905. The molecule has 21 heavy (non-hydrogen) atoms. The molecule has 0 aliphatic heterocycles. The Morgan fingerprint density at radius 3 is 2.33 bits per heavy atom.